The van der Waals surface area contributed by atoms with Gasteiger partial charge in [-0.1, -0.05) is 18.2 Å². The van der Waals surface area contributed by atoms with Crippen molar-refractivity contribution >= 4 is 17.5 Å². The van der Waals surface area contributed by atoms with E-state index in [2.05, 4.69) is 5.32 Å². The zero-order chi connectivity index (χ0) is 15.4. The quantitative estimate of drug-likeness (QED) is 0.778. The predicted octanol–water partition coefficient (Wildman–Crippen LogP) is 1.56. The number of hydrogen-bond acceptors (Lipinski definition) is 3. The Labute approximate surface area is 120 Å². The molecule has 0 bridgehead atoms. The van der Waals surface area contributed by atoms with Crippen LogP contribution in [0.4, 0.5) is 10.1 Å². The summed E-state index contributed by atoms with van der Waals surface area (Å²) in [7, 11) is 0. The largest absolute Gasteiger partial charge is 0.370 e. The van der Waals surface area contributed by atoms with Gasteiger partial charge in [0.25, 0.3) is 0 Å². The van der Waals surface area contributed by atoms with Gasteiger partial charge in [-0.3, -0.25) is 9.59 Å². The summed E-state index contributed by atoms with van der Waals surface area (Å²) in [5.74, 6) is -1.60. The fourth-order valence-corrected chi connectivity index (χ4v) is 1.90. The Kier molecular flexibility index (Phi) is 4.18. The molecule has 108 valence electrons. The van der Waals surface area contributed by atoms with Crippen LogP contribution in [0.25, 0.3) is 0 Å². The molecule has 0 saturated heterocycles. The Bertz CT molecular complexity index is 671. The number of hydrogen-bond donors (Lipinski definition) is 3. The third-order valence-electron chi connectivity index (χ3n) is 2.95. The van der Waals surface area contributed by atoms with E-state index in [0.29, 0.717) is 16.8 Å². The molecule has 2 aromatic rings. The van der Waals surface area contributed by atoms with Gasteiger partial charge in [-0.2, -0.15) is 0 Å². The van der Waals surface area contributed by atoms with Gasteiger partial charge in [0.2, 0.25) is 11.8 Å². The minimum atomic E-state index is -0.839. The molecule has 0 aliphatic rings. The third-order valence-corrected chi connectivity index (χ3v) is 2.95. The van der Waals surface area contributed by atoms with Crippen LogP contribution < -0.4 is 16.8 Å². The summed E-state index contributed by atoms with van der Waals surface area (Å²) in [6, 6.07) is 11.0. The van der Waals surface area contributed by atoms with Gasteiger partial charge in [0.05, 0.1) is 0 Å². The highest BCUT2D eigenvalue weighted by Crippen LogP contribution is 2.20. The molecule has 0 aliphatic carbocycles. The Morgan fingerprint density at radius 2 is 1.71 bits per heavy atom. The predicted molar refractivity (Wildman–Crippen MR) is 76.9 cm³/mol. The first-order valence-electron chi connectivity index (χ1n) is 6.18. The van der Waals surface area contributed by atoms with Crippen LogP contribution in [0.5, 0.6) is 0 Å². The van der Waals surface area contributed by atoms with Crippen LogP contribution in [-0.4, -0.2) is 11.8 Å². The Morgan fingerprint density at radius 3 is 2.29 bits per heavy atom. The van der Waals surface area contributed by atoms with Crippen molar-refractivity contribution in [3.63, 3.8) is 0 Å². The SMILES string of the molecule is NC(=O)c1cccc(NC(C(N)=O)c2ccc(F)cc2)c1. The number of benzene rings is 2. The molecular weight excluding hydrogens is 273 g/mol. The first-order chi connectivity index (χ1) is 9.97. The summed E-state index contributed by atoms with van der Waals surface area (Å²) in [6.45, 7) is 0. The highest BCUT2D eigenvalue weighted by molar-refractivity contribution is 5.94. The van der Waals surface area contributed by atoms with Crippen LogP contribution in [0.3, 0.4) is 0 Å². The van der Waals surface area contributed by atoms with Crippen molar-refractivity contribution in [3.8, 4) is 0 Å². The highest BCUT2D eigenvalue weighted by atomic mass is 19.1. The van der Waals surface area contributed by atoms with Crippen LogP contribution >= 0.6 is 0 Å². The van der Waals surface area contributed by atoms with Gasteiger partial charge in [0.15, 0.2) is 0 Å². The average Bonchev–Trinajstić information content (AvgIpc) is 2.46. The Hall–Kier alpha value is -2.89. The summed E-state index contributed by atoms with van der Waals surface area (Å²) >= 11 is 0. The molecule has 0 aromatic heterocycles. The number of nitrogens with one attached hydrogen (secondary N) is 1. The zero-order valence-electron chi connectivity index (χ0n) is 11.0. The number of amides is 2. The number of nitrogens with two attached hydrogens (primary N) is 2. The molecule has 0 aliphatic heterocycles. The lowest BCUT2D eigenvalue weighted by Crippen LogP contribution is -2.27. The van der Waals surface area contributed by atoms with Gasteiger partial charge in [0.1, 0.15) is 11.9 Å². The fourth-order valence-electron chi connectivity index (χ4n) is 1.90. The molecule has 0 radical (unpaired) electrons. The molecule has 1 atom stereocenters. The van der Waals surface area contributed by atoms with Gasteiger partial charge in [-0.05, 0) is 35.9 Å². The van der Waals surface area contributed by atoms with Crippen molar-refractivity contribution in [2.45, 2.75) is 6.04 Å². The Balaban J connectivity index is 2.28. The lowest BCUT2D eigenvalue weighted by molar-refractivity contribution is -0.118. The molecule has 6 heteroatoms. The van der Waals surface area contributed by atoms with Crippen molar-refractivity contribution < 1.29 is 14.0 Å². The van der Waals surface area contributed by atoms with E-state index in [4.69, 9.17) is 11.5 Å². The standard InChI is InChI=1S/C15H14FN3O2/c16-11-6-4-9(5-7-11)13(15(18)21)19-12-3-1-2-10(8-12)14(17)20/h1-8,13,19H,(H2,17,20)(H2,18,21). The van der Waals surface area contributed by atoms with Gasteiger partial charge in [-0.15, -0.1) is 0 Å². The molecule has 2 amide bonds. The van der Waals surface area contributed by atoms with Crippen LogP contribution in [0.1, 0.15) is 22.0 Å². The fraction of sp³-hybridized carbons (Fsp3) is 0.0667. The van der Waals surface area contributed by atoms with Gasteiger partial charge < -0.3 is 16.8 Å². The maximum absolute atomic E-state index is 12.9. The highest BCUT2D eigenvalue weighted by Gasteiger charge is 2.18. The number of primary amides is 2. The average molecular weight is 287 g/mol. The van der Waals surface area contributed by atoms with E-state index in [9.17, 15) is 14.0 Å². The van der Waals surface area contributed by atoms with Crippen LogP contribution in [-0.2, 0) is 4.79 Å². The van der Waals surface area contributed by atoms with E-state index in [1.807, 2.05) is 0 Å². The molecular formula is C15H14FN3O2. The van der Waals surface area contributed by atoms with E-state index < -0.39 is 23.7 Å². The maximum atomic E-state index is 12.9. The summed E-state index contributed by atoms with van der Waals surface area (Å²) < 4.78 is 12.9. The van der Waals surface area contributed by atoms with E-state index in [1.165, 1.54) is 30.3 Å². The minimum absolute atomic E-state index is 0.308. The lowest BCUT2D eigenvalue weighted by atomic mass is 10.1. The topological polar surface area (TPSA) is 98.2 Å². The third kappa shape index (κ3) is 3.56. The molecule has 0 spiro atoms. The first-order valence-corrected chi connectivity index (χ1v) is 6.18. The summed E-state index contributed by atoms with van der Waals surface area (Å²) in [5, 5.41) is 2.90. The van der Waals surface area contributed by atoms with Crippen molar-refractivity contribution in [2.24, 2.45) is 11.5 Å². The number of carbonyl (C=O) groups is 2. The maximum Gasteiger partial charge on any atom is 0.248 e. The molecule has 21 heavy (non-hydrogen) atoms. The second-order valence-corrected chi connectivity index (χ2v) is 4.48. The second-order valence-electron chi connectivity index (χ2n) is 4.48. The van der Waals surface area contributed by atoms with Crippen molar-refractivity contribution in [3.05, 3.63) is 65.5 Å². The minimum Gasteiger partial charge on any atom is -0.370 e. The molecule has 0 saturated carbocycles. The summed E-state index contributed by atoms with van der Waals surface area (Å²) in [5.41, 5.74) is 11.9. The summed E-state index contributed by atoms with van der Waals surface area (Å²) in [6.07, 6.45) is 0. The van der Waals surface area contributed by atoms with E-state index in [1.54, 1.807) is 18.2 Å². The molecule has 5 N–H and O–H groups in total. The monoisotopic (exact) mass is 287 g/mol. The van der Waals surface area contributed by atoms with Crippen LogP contribution in [0.2, 0.25) is 0 Å². The van der Waals surface area contributed by atoms with E-state index >= 15 is 0 Å². The van der Waals surface area contributed by atoms with Gasteiger partial charge in [-0.25, -0.2) is 4.39 Å². The molecule has 1 unspecified atom stereocenters. The van der Waals surface area contributed by atoms with Crippen LogP contribution in [0.15, 0.2) is 48.5 Å². The number of halogens is 1. The van der Waals surface area contributed by atoms with Crippen molar-refractivity contribution in [2.75, 3.05) is 5.32 Å². The Morgan fingerprint density at radius 1 is 1.05 bits per heavy atom. The van der Waals surface area contributed by atoms with E-state index in [-0.39, 0.29) is 0 Å². The van der Waals surface area contributed by atoms with Gasteiger partial charge >= 0.3 is 0 Å². The van der Waals surface area contributed by atoms with Crippen molar-refractivity contribution in [1.82, 2.24) is 0 Å². The molecule has 0 heterocycles. The normalized spacial score (nSPS) is 11.7. The van der Waals surface area contributed by atoms with Crippen molar-refractivity contribution in [1.29, 1.82) is 0 Å². The second kappa shape index (κ2) is 6.04. The number of carbonyl (C=O) groups excluding carboxylic acids is 2. The first kappa shape index (κ1) is 14.5. The molecule has 2 rings (SSSR count). The van der Waals surface area contributed by atoms with Gasteiger partial charge in [0, 0.05) is 11.3 Å². The lowest BCUT2D eigenvalue weighted by Gasteiger charge is -2.17. The zero-order valence-corrected chi connectivity index (χ0v) is 11.0. The van der Waals surface area contributed by atoms with E-state index in [0.717, 1.165) is 0 Å². The molecule has 5 nitrogen and oxygen atoms in total. The molecule has 2 aromatic carbocycles. The smallest absolute Gasteiger partial charge is 0.248 e. The molecule has 0 fully saturated rings. The summed E-state index contributed by atoms with van der Waals surface area (Å²) in [4.78, 5) is 22.7. The number of anilines is 1. The number of rotatable bonds is 5. The van der Waals surface area contributed by atoms with Crippen LogP contribution in [0, 0.1) is 5.82 Å².